The van der Waals surface area contributed by atoms with Crippen LogP contribution in [0.4, 0.5) is 14.5 Å². The van der Waals surface area contributed by atoms with Gasteiger partial charge >= 0.3 is 0 Å². The van der Waals surface area contributed by atoms with Crippen LogP contribution in [-0.4, -0.2) is 25.7 Å². The van der Waals surface area contributed by atoms with Crippen LogP contribution in [0, 0.1) is 0 Å². The molecule has 35 heavy (non-hydrogen) atoms. The van der Waals surface area contributed by atoms with Crippen LogP contribution < -0.4 is 10.9 Å². The predicted octanol–water partition coefficient (Wildman–Crippen LogP) is 5.02. The average Bonchev–Trinajstić information content (AvgIpc) is 3.37. The highest BCUT2D eigenvalue weighted by Gasteiger charge is 2.17. The van der Waals surface area contributed by atoms with E-state index in [-0.39, 0.29) is 17.2 Å². The smallest absolute Gasteiger partial charge is 0.280 e. The van der Waals surface area contributed by atoms with Gasteiger partial charge in [-0.15, -0.1) is 0 Å². The molecule has 9 heteroatoms. The Morgan fingerprint density at radius 2 is 1.94 bits per heavy atom. The molecule has 0 saturated heterocycles. The Kier molecular flexibility index (Phi) is 5.88. The van der Waals surface area contributed by atoms with E-state index in [1.807, 2.05) is 6.07 Å². The lowest BCUT2D eigenvalue weighted by molar-refractivity contribution is 0.102. The Morgan fingerprint density at radius 1 is 1.06 bits per heavy atom. The summed E-state index contributed by atoms with van der Waals surface area (Å²) < 4.78 is 28.0. The Bertz CT molecular complexity index is 1580. The molecule has 0 saturated carbocycles. The summed E-state index contributed by atoms with van der Waals surface area (Å²) in [7, 11) is 0. The van der Waals surface area contributed by atoms with Crippen molar-refractivity contribution >= 4 is 22.4 Å². The Hall–Kier alpha value is -4.66. The quantitative estimate of drug-likeness (QED) is 0.364. The van der Waals surface area contributed by atoms with E-state index in [1.54, 1.807) is 71.6 Å². The maximum Gasteiger partial charge on any atom is 0.280 e. The first kappa shape index (κ1) is 22.1. The molecule has 0 aliphatic rings. The largest absolute Gasteiger partial charge is 0.322 e. The summed E-state index contributed by atoms with van der Waals surface area (Å²) in [5.74, 6) is -0.276. The first-order valence-electron chi connectivity index (χ1n) is 10.7. The number of carbonyl (C=O) groups excluding carboxylic acids is 1. The first-order valence-corrected chi connectivity index (χ1v) is 10.7. The minimum Gasteiger partial charge on any atom is -0.322 e. The number of aromatic nitrogens is 4. The number of carbonyl (C=O) groups is 1. The van der Waals surface area contributed by atoms with Gasteiger partial charge in [-0.2, -0.15) is 5.10 Å². The standard InChI is InChI=1S/C26H19F2N5O2/c27-24(28)23-22(14-30-32-23)17-6-7-21-18(12-17)8-10-33(26(21)35)15-16-3-1-5-20(11-16)31-25(34)19-4-2-9-29-13-19/h1-14,24H,15H2,(H,30,32)(H,31,34). The molecule has 2 N–H and O–H groups in total. The summed E-state index contributed by atoms with van der Waals surface area (Å²) in [6.07, 6.45) is 3.42. The molecule has 0 aliphatic carbocycles. The fourth-order valence-corrected chi connectivity index (χ4v) is 3.92. The minimum absolute atomic E-state index is 0.208. The predicted molar refractivity (Wildman–Crippen MR) is 128 cm³/mol. The number of anilines is 1. The van der Waals surface area contributed by atoms with Crippen LogP contribution in [0.1, 0.15) is 28.0 Å². The maximum atomic E-state index is 13.2. The highest BCUT2D eigenvalue weighted by atomic mass is 19.3. The van der Waals surface area contributed by atoms with Crippen LogP contribution in [0.15, 0.2) is 90.2 Å². The molecule has 2 aromatic carbocycles. The first-order chi connectivity index (χ1) is 17.0. The number of nitrogens with zero attached hydrogens (tertiary/aromatic N) is 3. The van der Waals surface area contributed by atoms with Gasteiger partial charge in [-0.05, 0) is 59.0 Å². The van der Waals surface area contributed by atoms with Crippen molar-refractivity contribution in [2.45, 2.75) is 13.0 Å². The van der Waals surface area contributed by atoms with Gasteiger partial charge in [0, 0.05) is 35.2 Å². The van der Waals surface area contributed by atoms with E-state index < -0.39 is 6.43 Å². The molecule has 0 fully saturated rings. The molecule has 3 heterocycles. The number of amides is 1. The SMILES string of the molecule is O=C(Nc1cccc(Cn2ccc3cc(-c4cn[nH]c4C(F)F)ccc3c2=O)c1)c1cccnc1. The third-order valence-corrected chi connectivity index (χ3v) is 5.64. The lowest BCUT2D eigenvalue weighted by Gasteiger charge is -2.11. The zero-order valence-corrected chi connectivity index (χ0v) is 18.3. The summed E-state index contributed by atoms with van der Waals surface area (Å²) in [6.45, 7) is 0.296. The molecule has 3 aromatic heterocycles. The lowest BCUT2D eigenvalue weighted by Crippen LogP contribution is -2.20. The van der Waals surface area contributed by atoms with Gasteiger partial charge in [-0.1, -0.05) is 18.2 Å². The zero-order valence-electron chi connectivity index (χ0n) is 18.3. The lowest BCUT2D eigenvalue weighted by atomic mass is 10.0. The van der Waals surface area contributed by atoms with Crippen molar-refractivity contribution in [3.05, 3.63) is 113 Å². The highest BCUT2D eigenvalue weighted by Crippen LogP contribution is 2.30. The van der Waals surface area contributed by atoms with Gasteiger partial charge in [0.2, 0.25) is 0 Å². The van der Waals surface area contributed by atoms with Gasteiger partial charge < -0.3 is 9.88 Å². The van der Waals surface area contributed by atoms with Crippen molar-refractivity contribution in [2.75, 3.05) is 5.32 Å². The van der Waals surface area contributed by atoms with Gasteiger partial charge in [0.25, 0.3) is 17.9 Å². The van der Waals surface area contributed by atoms with Crippen molar-refractivity contribution in [1.82, 2.24) is 19.7 Å². The van der Waals surface area contributed by atoms with E-state index in [9.17, 15) is 18.4 Å². The zero-order chi connectivity index (χ0) is 24.4. The number of benzene rings is 2. The van der Waals surface area contributed by atoms with Crippen LogP contribution in [0.25, 0.3) is 21.9 Å². The van der Waals surface area contributed by atoms with Gasteiger partial charge in [0.05, 0.1) is 18.3 Å². The number of rotatable bonds is 6. The second kappa shape index (κ2) is 9.30. The van der Waals surface area contributed by atoms with Gasteiger partial charge in [-0.25, -0.2) is 8.78 Å². The van der Waals surface area contributed by atoms with Gasteiger partial charge in [0.15, 0.2) is 0 Å². The van der Waals surface area contributed by atoms with Gasteiger partial charge in [0.1, 0.15) is 5.69 Å². The van der Waals surface area contributed by atoms with Crippen molar-refractivity contribution in [1.29, 1.82) is 0 Å². The fourth-order valence-electron chi connectivity index (χ4n) is 3.92. The number of fused-ring (bicyclic) bond motifs is 1. The van der Waals surface area contributed by atoms with E-state index >= 15 is 0 Å². The molecule has 0 spiro atoms. The van der Waals surface area contributed by atoms with E-state index in [2.05, 4.69) is 20.5 Å². The molecule has 7 nitrogen and oxygen atoms in total. The van der Waals surface area contributed by atoms with Crippen LogP contribution in [-0.2, 0) is 6.54 Å². The molecule has 174 valence electrons. The molecule has 0 aliphatic heterocycles. The number of H-pyrrole nitrogens is 1. The normalized spacial score (nSPS) is 11.2. The molecular weight excluding hydrogens is 452 g/mol. The van der Waals surface area contributed by atoms with E-state index in [0.29, 0.717) is 39.7 Å². The number of halogens is 2. The Labute approximate surface area is 198 Å². The van der Waals surface area contributed by atoms with Crippen molar-refractivity contribution < 1.29 is 13.6 Å². The minimum atomic E-state index is -2.68. The topological polar surface area (TPSA) is 92.7 Å². The summed E-state index contributed by atoms with van der Waals surface area (Å²) >= 11 is 0. The van der Waals surface area contributed by atoms with Crippen LogP contribution in [0.5, 0.6) is 0 Å². The summed E-state index contributed by atoms with van der Waals surface area (Å²) in [4.78, 5) is 29.5. The third kappa shape index (κ3) is 4.56. The van der Waals surface area contributed by atoms with E-state index in [4.69, 9.17) is 0 Å². The Morgan fingerprint density at radius 3 is 2.74 bits per heavy atom. The highest BCUT2D eigenvalue weighted by molar-refractivity contribution is 6.04. The van der Waals surface area contributed by atoms with Crippen molar-refractivity contribution in [2.24, 2.45) is 0 Å². The number of pyridine rings is 2. The molecule has 0 atom stereocenters. The molecule has 0 radical (unpaired) electrons. The number of hydrogen-bond donors (Lipinski definition) is 2. The third-order valence-electron chi connectivity index (χ3n) is 5.64. The van der Waals surface area contributed by atoms with Crippen LogP contribution >= 0.6 is 0 Å². The summed E-state index contributed by atoms with van der Waals surface area (Å²) in [6, 6.07) is 17.4. The van der Waals surface area contributed by atoms with E-state index in [1.165, 1.54) is 12.4 Å². The monoisotopic (exact) mass is 471 g/mol. The average molecular weight is 471 g/mol. The number of alkyl halides is 2. The van der Waals surface area contributed by atoms with Crippen LogP contribution in [0.2, 0.25) is 0 Å². The van der Waals surface area contributed by atoms with Crippen molar-refractivity contribution in [3.8, 4) is 11.1 Å². The second-order valence-corrected chi connectivity index (χ2v) is 7.95. The van der Waals surface area contributed by atoms with Crippen molar-refractivity contribution in [3.63, 3.8) is 0 Å². The molecule has 0 unspecified atom stereocenters. The molecule has 5 rings (SSSR count). The van der Waals surface area contributed by atoms with Crippen LogP contribution in [0.3, 0.4) is 0 Å². The Balaban J connectivity index is 1.39. The maximum absolute atomic E-state index is 13.2. The second-order valence-electron chi connectivity index (χ2n) is 7.95. The number of hydrogen-bond acceptors (Lipinski definition) is 4. The fraction of sp³-hybridized carbons (Fsp3) is 0.0769. The molecule has 0 bridgehead atoms. The molecular formula is C26H19F2N5O2. The summed E-state index contributed by atoms with van der Waals surface area (Å²) in [5, 5.41) is 10.00. The molecule has 1 amide bonds. The number of aromatic amines is 1. The molecule has 5 aromatic rings. The van der Waals surface area contributed by atoms with Gasteiger partial charge in [-0.3, -0.25) is 19.7 Å². The summed E-state index contributed by atoms with van der Waals surface area (Å²) in [5.41, 5.74) is 2.26. The number of nitrogens with one attached hydrogen (secondary N) is 2. The van der Waals surface area contributed by atoms with E-state index in [0.717, 1.165) is 5.56 Å².